The van der Waals surface area contributed by atoms with Crippen LogP contribution in [0.2, 0.25) is 12.1 Å². The Morgan fingerprint density at radius 3 is 2.15 bits per heavy atom. The van der Waals surface area contributed by atoms with Crippen molar-refractivity contribution in [3.8, 4) is 0 Å². The summed E-state index contributed by atoms with van der Waals surface area (Å²) in [6, 6.07) is 2.04. The van der Waals surface area contributed by atoms with E-state index in [1.807, 2.05) is 0 Å². The van der Waals surface area contributed by atoms with E-state index < -0.39 is 7.63 Å². The summed E-state index contributed by atoms with van der Waals surface area (Å²) in [4.78, 5) is 0. The maximum Gasteiger partial charge on any atom is 0.289 e. The summed E-state index contributed by atoms with van der Waals surface area (Å²) in [5.41, 5.74) is 0. The largest absolute Gasteiger partial charge is 0.403 e. The second kappa shape index (κ2) is 6.85. The number of hydrogen-bond acceptors (Lipinski definition) is 1. The zero-order valence-corrected chi connectivity index (χ0v) is 11.2. The molecule has 0 saturated heterocycles. The van der Waals surface area contributed by atoms with Crippen molar-refractivity contribution < 1.29 is 4.43 Å². The van der Waals surface area contributed by atoms with Gasteiger partial charge >= 0.3 is 0 Å². The maximum atomic E-state index is 6.37. The van der Waals surface area contributed by atoms with Crippen molar-refractivity contribution in [3.05, 3.63) is 0 Å². The smallest absolute Gasteiger partial charge is 0.289 e. The van der Waals surface area contributed by atoms with Crippen LogP contribution in [0.5, 0.6) is 0 Å². The summed E-state index contributed by atoms with van der Waals surface area (Å²) in [6.45, 7) is 9.56. The highest BCUT2D eigenvalue weighted by molar-refractivity contribution is 7.16. The van der Waals surface area contributed by atoms with Gasteiger partial charge in [-0.3, -0.25) is 0 Å². The van der Waals surface area contributed by atoms with Gasteiger partial charge in [0, 0.05) is 6.61 Å². The summed E-state index contributed by atoms with van der Waals surface area (Å²) in [7, 11) is -1.82. The summed E-state index contributed by atoms with van der Waals surface area (Å²) >= 11 is 6.37. The Morgan fingerprint density at radius 1 is 1.23 bits per heavy atom. The van der Waals surface area contributed by atoms with E-state index in [1.165, 1.54) is 12.8 Å². The third-order valence-corrected chi connectivity index (χ3v) is 7.19. The summed E-state index contributed by atoms with van der Waals surface area (Å²) in [6.07, 6.45) is 2.48. The van der Waals surface area contributed by atoms with E-state index in [1.54, 1.807) is 0 Å². The highest BCUT2D eigenvalue weighted by Gasteiger charge is 2.28. The van der Waals surface area contributed by atoms with Crippen molar-refractivity contribution in [2.75, 3.05) is 6.61 Å². The molecule has 0 aliphatic rings. The van der Waals surface area contributed by atoms with E-state index in [9.17, 15) is 0 Å². The van der Waals surface area contributed by atoms with Crippen LogP contribution in [0, 0.1) is 5.92 Å². The second-order valence-electron chi connectivity index (χ2n) is 3.80. The summed E-state index contributed by atoms with van der Waals surface area (Å²) in [5.74, 6) is 0.661. The van der Waals surface area contributed by atoms with Crippen LogP contribution in [-0.4, -0.2) is 14.2 Å². The Labute approximate surface area is 88.7 Å². The molecule has 0 spiro atoms. The molecular formula is C10H23ClOSi. The fourth-order valence-corrected chi connectivity index (χ4v) is 3.00. The van der Waals surface area contributed by atoms with Gasteiger partial charge < -0.3 is 4.43 Å². The lowest BCUT2D eigenvalue weighted by atomic mass is 10.1. The van der Waals surface area contributed by atoms with Gasteiger partial charge in [0.15, 0.2) is 0 Å². The number of rotatable bonds is 7. The molecule has 0 heterocycles. The van der Waals surface area contributed by atoms with Crippen molar-refractivity contribution in [1.82, 2.24) is 0 Å². The van der Waals surface area contributed by atoms with Gasteiger partial charge in [-0.05, 0) is 24.4 Å². The molecule has 3 heteroatoms. The molecule has 0 rings (SSSR count). The Kier molecular flexibility index (Phi) is 7.10. The SMILES string of the molecule is CCCC(C)CO[Si](Cl)(CC)CC. The molecule has 0 aliphatic heterocycles. The van der Waals surface area contributed by atoms with Gasteiger partial charge in [-0.2, -0.15) is 0 Å². The molecule has 0 bridgehead atoms. The van der Waals surface area contributed by atoms with Gasteiger partial charge in [0.05, 0.1) is 0 Å². The quantitative estimate of drug-likeness (QED) is 0.464. The molecule has 0 aromatic heterocycles. The van der Waals surface area contributed by atoms with Gasteiger partial charge in [0.25, 0.3) is 7.63 Å². The lowest BCUT2D eigenvalue weighted by Gasteiger charge is -2.23. The first-order valence-electron chi connectivity index (χ1n) is 5.40. The van der Waals surface area contributed by atoms with Gasteiger partial charge in [-0.15, -0.1) is 11.1 Å². The fraction of sp³-hybridized carbons (Fsp3) is 1.00. The molecule has 0 radical (unpaired) electrons. The Hall–Kier alpha value is 0.467. The van der Waals surface area contributed by atoms with E-state index in [-0.39, 0.29) is 0 Å². The minimum absolute atomic E-state index is 0.661. The van der Waals surface area contributed by atoms with E-state index in [0.717, 1.165) is 18.7 Å². The van der Waals surface area contributed by atoms with Crippen molar-refractivity contribution in [2.45, 2.75) is 52.6 Å². The Morgan fingerprint density at radius 2 is 1.77 bits per heavy atom. The fourth-order valence-electron chi connectivity index (χ4n) is 1.32. The normalized spacial score (nSPS) is 14.5. The predicted molar refractivity (Wildman–Crippen MR) is 62.6 cm³/mol. The monoisotopic (exact) mass is 222 g/mol. The zero-order valence-electron chi connectivity index (χ0n) is 9.40. The highest BCUT2D eigenvalue weighted by Crippen LogP contribution is 2.22. The number of hydrogen-bond donors (Lipinski definition) is 0. The van der Waals surface area contributed by atoms with E-state index in [0.29, 0.717) is 5.92 Å². The van der Waals surface area contributed by atoms with Gasteiger partial charge in [0.2, 0.25) is 0 Å². The van der Waals surface area contributed by atoms with Crippen LogP contribution in [-0.2, 0) is 4.43 Å². The summed E-state index contributed by atoms with van der Waals surface area (Å²) < 4.78 is 5.85. The van der Waals surface area contributed by atoms with Crippen LogP contribution < -0.4 is 0 Å². The van der Waals surface area contributed by atoms with Crippen LogP contribution in [0.25, 0.3) is 0 Å². The molecule has 0 aromatic carbocycles. The van der Waals surface area contributed by atoms with Gasteiger partial charge in [-0.1, -0.05) is 34.1 Å². The first-order valence-corrected chi connectivity index (χ1v) is 8.74. The molecule has 0 N–H and O–H groups in total. The van der Waals surface area contributed by atoms with Crippen LogP contribution in [0.15, 0.2) is 0 Å². The molecule has 0 amide bonds. The Balaban J connectivity index is 3.71. The van der Waals surface area contributed by atoms with Crippen molar-refractivity contribution in [3.63, 3.8) is 0 Å². The predicted octanol–water partition coefficient (Wildman–Crippen LogP) is 4.16. The topological polar surface area (TPSA) is 9.23 Å². The van der Waals surface area contributed by atoms with Crippen molar-refractivity contribution in [1.29, 1.82) is 0 Å². The Bertz CT molecular complexity index is 126. The molecule has 1 unspecified atom stereocenters. The zero-order chi connectivity index (χ0) is 10.3. The van der Waals surface area contributed by atoms with Crippen LogP contribution in [0.4, 0.5) is 0 Å². The molecule has 0 aromatic rings. The minimum Gasteiger partial charge on any atom is -0.403 e. The third kappa shape index (κ3) is 5.71. The average molecular weight is 223 g/mol. The third-order valence-electron chi connectivity index (χ3n) is 2.46. The molecule has 13 heavy (non-hydrogen) atoms. The van der Waals surface area contributed by atoms with Gasteiger partial charge in [-0.25, -0.2) is 0 Å². The molecule has 0 fully saturated rings. The molecule has 80 valence electrons. The van der Waals surface area contributed by atoms with Crippen LogP contribution in [0.3, 0.4) is 0 Å². The van der Waals surface area contributed by atoms with E-state index in [2.05, 4.69) is 27.7 Å². The standard InChI is InChI=1S/C10H23ClOSi/c1-5-8-10(4)9-12-13(11,6-2)7-3/h10H,5-9H2,1-4H3. The van der Waals surface area contributed by atoms with Crippen LogP contribution in [0.1, 0.15) is 40.5 Å². The van der Waals surface area contributed by atoms with E-state index >= 15 is 0 Å². The molecular weight excluding hydrogens is 200 g/mol. The molecule has 1 atom stereocenters. The van der Waals surface area contributed by atoms with Gasteiger partial charge in [0.1, 0.15) is 0 Å². The van der Waals surface area contributed by atoms with Crippen molar-refractivity contribution in [2.24, 2.45) is 5.92 Å². The second-order valence-corrected chi connectivity index (χ2v) is 9.33. The average Bonchev–Trinajstić information content (AvgIpc) is 2.15. The molecule has 1 nitrogen and oxygen atoms in total. The first kappa shape index (κ1) is 13.5. The molecule has 0 aliphatic carbocycles. The van der Waals surface area contributed by atoms with E-state index in [4.69, 9.17) is 15.5 Å². The lowest BCUT2D eigenvalue weighted by molar-refractivity contribution is 0.247. The molecule has 0 saturated carbocycles. The maximum absolute atomic E-state index is 6.37. The van der Waals surface area contributed by atoms with Crippen LogP contribution >= 0.6 is 11.1 Å². The first-order chi connectivity index (χ1) is 6.08. The minimum atomic E-state index is -1.82. The highest BCUT2D eigenvalue weighted by atomic mass is 35.6. The van der Waals surface area contributed by atoms with Crippen molar-refractivity contribution >= 4 is 18.7 Å². The lowest BCUT2D eigenvalue weighted by Crippen LogP contribution is -2.31. The number of halogens is 1. The summed E-state index contributed by atoms with van der Waals surface area (Å²) in [5, 5.41) is 0.